The molecule has 176 valence electrons. The zero-order valence-electron chi connectivity index (χ0n) is 19.4. The lowest BCUT2D eigenvalue weighted by Crippen LogP contribution is -2.43. The van der Waals surface area contributed by atoms with Gasteiger partial charge in [0.15, 0.2) is 0 Å². The van der Waals surface area contributed by atoms with Crippen LogP contribution < -0.4 is 10.1 Å². The van der Waals surface area contributed by atoms with Crippen molar-refractivity contribution in [2.45, 2.75) is 43.9 Å². The van der Waals surface area contributed by atoms with E-state index in [9.17, 15) is 9.59 Å². The van der Waals surface area contributed by atoms with Gasteiger partial charge in [-0.2, -0.15) is 4.98 Å². The number of carbonyl (C=O) groups is 2. The first-order valence-corrected chi connectivity index (χ1v) is 11.6. The van der Waals surface area contributed by atoms with Crippen molar-refractivity contribution in [1.29, 1.82) is 0 Å². The third-order valence-corrected chi connectivity index (χ3v) is 6.84. The van der Waals surface area contributed by atoms with Crippen LogP contribution in [0.15, 0.2) is 53.1 Å². The summed E-state index contributed by atoms with van der Waals surface area (Å²) in [5.74, 6) is 2.19. The molecule has 0 atom stereocenters. The van der Waals surface area contributed by atoms with E-state index in [0.717, 1.165) is 48.2 Å². The second-order valence-electron chi connectivity index (χ2n) is 9.09. The minimum absolute atomic E-state index is 0.115. The minimum Gasteiger partial charge on any atom is -0.497 e. The second kappa shape index (κ2) is 8.93. The molecular weight excluding hydrogens is 432 g/mol. The molecule has 0 radical (unpaired) electrons. The summed E-state index contributed by atoms with van der Waals surface area (Å²) in [6.45, 7) is 2.84. The molecule has 1 aliphatic heterocycles. The zero-order valence-corrected chi connectivity index (χ0v) is 19.4. The number of hydrogen-bond acceptors (Lipinski definition) is 6. The van der Waals surface area contributed by atoms with Gasteiger partial charge >= 0.3 is 0 Å². The Labute approximate surface area is 198 Å². The average molecular weight is 461 g/mol. The lowest BCUT2D eigenvalue weighted by Gasteiger charge is -2.33. The number of ether oxygens (including phenoxy) is 1. The number of nitrogens with one attached hydrogen (secondary N) is 1. The second-order valence-corrected chi connectivity index (χ2v) is 9.09. The topological polar surface area (TPSA) is 97.6 Å². The van der Waals surface area contributed by atoms with Crippen LogP contribution in [0.2, 0.25) is 0 Å². The Balaban J connectivity index is 1.21. The van der Waals surface area contributed by atoms with Gasteiger partial charge in [-0.25, -0.2) is 0 Å². The number of amides is 2. The molecule has 0 spiro atoms. The van der Waals surface area contributed by atoms with Crippen LogP contribution in [0.4, 0.5) is 5.69 Å². The number of benzene rings is 2. The predicted molar refractivity (Wildman–Crippen MR) is 126 cm³/mol. The molecule has 5 rings (SSSR count). The van der Waals surface area contributed by atoms with E-state index in [2.05, 4.69) is 15.5 Å². The molecule has 2 aliphatic rings. The molecule has 1 aromatic heterocycles. The molecule has 1 aliphatic carbocycles. The van der Waals surface area contributed by atoms with Crippen molar-refractivity contribution >= 4 is 17.5 Å². The molecule has 0 unspecified atom stereocenters. The summed E-state index contributed by atoms with van der Waals surface area (Å²) < 4.78 is 10.8. The van der Waals surface area contributed by atoms with Crippen molar-refractivity contribution in [2.24, 2.45) is 0 Å². The first-order valence-electron chi connectivity index (χ1n) is 11.6. The van der Waals surface area contributed by atoms with Gasteiger partial charge in [-0.1, -0.05) is 17.3 Å². The lowest BCUT2D eigenvalue weighted by atomic mass is 9.91. The Morgan fingerprint density at radius 2 is 1.74 bits per heavy atom. The number of methoxy groups -OCH3 is 1. The molecule has 2 heterocycles. The third-order valence-electron chi connectivity index (χ3n) is 6.84. The molecule has 3 aromatic rings. The molecule has 8 heteroatoms. The number of likely N-dealkylation sites (tertiary alicyclic amines) is 1. The largest absolute Gasteiger partial charge is 0.497 e. The summed E-state index contributed by atoms with van der Waals surface area (Å²) in [4.78, 5) is 31.2. The fraction of sp³-hybridized carbons (Fsp3) is 0.385. The van der Waals surface area contributed by atoms with Crippen molar-refractivity contribution in [3.63, 3.8) is 0 Å². The SMILES string of the molecule is COc1ccc(C2(C(=O)N3CCC(c4nc(-c5ccc(NC(C)=O)cc5)no4)CC3)CC2)cc1. The minimum atomic E-state index is -0.375. The maximum Gasteiger partial charge on any atom is 0.233 e. The van der Waals surface area contributed by atoms with Gasteiger partial charge in [-0.15, -0.1) is 0 Å². The van der Waals surface area contributed by atoms with Gasteiger partial charge in [0.1, 0.15) is 5.75 Å². The molecule has 2 fully saturated rings. The van der Waals surface area contributed by atoms with Crippen LogP contribution in [-0.2, 0) is 15.0 Å². The van der Waals surface area contributed by atoms with Gasteiger partial charge in [-0.05, 0) is 67.6 Å². The number of carbonyl (C=O) groups excluding carboxylic acids is 2. The van der Waals surface area contributed by atoms with Crippen molar-refractivity contribution < 1.29 is 18.8 Å². The van der Waals surface area contributed by atoms with Crippen LogP contribution in [0.1, 0.15) is 50.0 Å². The van der Waals surface area contributed by atoms with E-state index >= 15 is 0 Å². The first-order chi connectivity index (χ1) is 16.5. The van der Waals surface area contributed by atoms with Gasteiger partial charge in [0.25, 0.3) is 0 Å². The smallest absolute Gasteiger partial charge is 0.233 e. The highest BCUT2D eigenvalue weighted by molar-refractivity contribution is 5.91. The summed E-state index contributed by atoms with van der Waals surface area (Å²) in [7, 11) is 1.65. The highest BCUT2D eigenvalue weighted by Gasteiger charge is 2.53. The molecule has 8 nitrogen and oxygen atoms in total. The van der Waals surface area contributed by atoms with Gasteiger partial charge in [-0.3, -0.25) is 9.59 Å². The fourth-order valence-corrected chi connectivity index (χ4v) is 4.72. The normalized spacial score (nSPS) is 17.3. The number of aromatic nitrogens is 2. The van der Waals surface area contributed by atoms with E-state index in [1.165, 1.54) is 6.92 Å². The van der Waals surface area contributed by atoms with Crippen molar-refractivity contribution in [3.8, 4) is 17.1 Å². The van der Waals surface area contributed by atoms with Crippen LogP contribution in [-0.4, -0.2) is 47.1 Å². The molecular formula is C26H28N4O4. The molecule has 1 N–H and O–H groups in total. The molecule has 2 amide bonds. The monoisotopic (exact) mass is 460 g/mol. The number of anilines is 1. The van der Waals surface area contributed by atoms with E-state index in [1.54, 1.807) is 7.11 Å². The number of nitrogens with zero attached hydrogens (tertiary/aromatic N) is 3. The third kappa shape index (κ3) is 4.27. The highest BCUT2D eigenvalue weighted by Crippen LogP contribution is 2.50. The molecule has 0 bridgehead atoms. The van der Waals surface area contributed by atoms with E-state index < -0.39 is 0 Å². The number of rotatable bonds is 6. The Kier molecular flexibility index (Phi) is 5.81. The molecule has 1 saturated heterocycles. The van der Waals surface area contributed by atoms with E-state index in [0.29, 0.717) is 24.8 Å². The van der Waals surface area contributed by atoms with E-state index in [4.69, 9.17) is 9.26 Å². The lowest BCUT2D eigenvalue weighted by molar-refractivity contribution is -0.135. The number of hydrogen-bond donors (Lipinski definition) is 1. The van der Waals surface area contributed by atoms with E-state index in [-0.39, 0.29) is 23.1 Å². The van der Waals surface area contributed by atoms with Crippen LogP contribution in [0.25, 0.3) is 11.4 Å². The maximum absolute atomic E-state index is 13.4. The molecule has 2 aromatic carbocycles. The van der Waals surface area contributed by atoms with Gasteiger partial charge in [0.05, 0.1) is 12.5 Å². The summed E-state index contributed by atoms with van der Waals surface area (Å²) in [5, 5.41) is 6.89. The standard InChI is InChI=1S/C26H28N4O4/c1-17(31)27-21-7-3-18(4-8-21)23-28-24(34-29-23)19-11-15-30(16-12-19)25(32)26(13-14-26)20-5-9-22(33-2)10-6-20/h3-10,19H,11-16H2,1-2H3,(H,27,31). The van der Waals surface area contributed by atoms with Gasteiger partial charge in [0.2, 0.25) is 23.5 Å². The van der Waals surface area contributed by atoms with Crippen molar-refractivity contribution in [1.82, 2.24) is 15.0 Å². The fourth-order valence-electron chi connectivity index (χ4n) is 4.72. The summed E-state index contributed by atoms with van der Waals surface area (Å²) in [6.07, 6.45) is 3.39. The average Bonchev–Trinajstić information content (AvgIpc) is 3.53. The Bertz CT molecular complexity index is 1170. The first kappa shape index (κ1) is 22.1. The molecule has 34 heavy (non-hydrogen) atoms. The Hall–Kier alpha value is -3.68. The van der Waals surface area contributed by atoms with Crippen LogP contribution in [0.3, 0.4) is 0 Å². The van der Waals surface area contributed by atoms with Gasteiger partial charge in [0, 0.05) is 37.2 Å². The zero-order chi connectivity index (χ0) is 23.7. The van der Waals surface area contributed by atoms with E-state index in [1.807, 2.05) is 53.4 Å². The van der Waals surface area contributed by atoms with Gasteiger partial charge < -0.3 is 19.5 Å². The highest BCUT2D eigenvalue weighted by atomic mass is 16.5. The Morgan fingerprint density at radius 3 is 2.32 bits per heavy atom. The van der Waals surface area contributed by atoms with Crippen molar-refractivity contribution in [3.05, 3.63) is 60.0 Å². The quantitative estimate of drug-likeness (QED) is 0.594. The van der Waals surface area contributed by atoms with Crippen molar-refractivity contribution in [2.75, 3.05) is 25.5 Å². The maximum atomic E-state index is 13.4. The van der Waals surface area contributed by atoms with Crippen LogP contribution >= 0.6 is 0 Å². The molecule has 1 saturated carbocycles. The summed E-state index contributed by atoms with van der Waals surface area (Å²) in [6, 6.07) is 15.2. The Morgan fingerprint density at radius 1 is 1.06 bits per heavy atom. The summed E-state index contributed by atoms with van der Waals surface area (Å²) in [5.41, 5.74) is 2.25. The summed E-state index contributed by atoms with van der Waals surface area (Å²) >= 11 is 0. The number of piperidine rings is 1. The van der Waals surface area contributed by atoms with Crippen LogP contribution in [0.5, 0.6) is 5.75 Å². The van der Waals surface area contributed by atoms with Crippen LogP contribution in [0, 0.1) is 0 Å². The predicted octanol–water partition coefficient (Wildman–Crippen LogP) is 4.14.